The predicted molar refractivity (Wildman–Crippen MR) is 98.7 cm³/mol. The fourth-order valence-corrected chi connectivity index (χ4v) is 3.05. The van der Waals surface area contributed by atoms with Gasteiger partial charge in [-0.2, -0.15) is 0 Å². The lowest BCUT2D eigenvalue weighted by Gasteiger charge is -2.09. The van der Waals surface area contributed by atoms with Crippen molar-refractivity contribution in [3.05, 3.63) is 48.5 Å². The second-order valence-corrected chi connectivity index (χ2v) is 6.58. The van der Waals surface area contributed by atoms with E-state index in [0.29, 0.717) is 0 Å². The summed E-state index contributed by atoms with van der Waals surface area (Å²) in [7, 11) is 0. The topological polar surface area (TPSA) is 64.7 Å². The summed E-state index contributed by atoms with van der Waals surface area (Å²) in [5.41, 5.74) is 9.20. The highest BCUT2D eigenvalue weighted by atomic mass is 32.2. The average molecular weight is 340 g/mol. The van der Waals surface area contributed by atoms with E-state index in [1.54, 1.807) is 23.5 Å². The van der Waals surface area contributed by atoms with Gasteiger partial charge in [0.05, 0.1) is 0 Å². The number of nitrogens with two attached hydrogens (primary N) is 1. The zero-order valence-electron chi connectivity index (χ0n) is 12.9. The van der Waals surface area contributed by atoms with Crippen molar-refractivity contribution in [2.24, 2.45) is 0 Å². The van der Waals surface area contributed by atoms with Crippen LogP contribution in [0.25, 0.3) is 22.5 Å². The van der Waals surface area contributed by atoms with E-state index in [4.69, 9.17) is 5.73 Å². The number of aromatic nitrogens is 3. The van der Waals surface area contributed by atoms with Gasteiger partial charge in [0.25, 0.3) is 0 Å². The highest BCUT2D eigenvalue weighted by molar-refractivity contribution is 7.98. The van der Waals surface area contributed by atoms with Gasteiger partial charge in [-0.25, -0.2) is 4.98 Å². The molecule has 0 aliphatic carbocycles. The van der Waals surface area contributed by atoms with Crippen molar-refractivity contribution >= 4 is 29.5 Å². The number of hydrogen-bond acceptors (Lipinski definition) is 6. The van der Waals surface area contributed by atoms with Gasteiger partial charge in [-0.1, -0.05) is 24.3 Å². The largest absolute Gasteiger partial charge is 0.366 e. The Labute approximate surface area is 143 Å². The van der Waals surface area contributed by atoms with E-state index in [0.717, 1.165) is 22.5 Å². The molecular formula is C17H16N4S2. The van der Waals surface area contributed by atoms with E-state index < -0.39 is 0 Å². The van der Waals surface area contributed by atoms with Crippen LogP contribution in [0, 0.1) is 0 Å². The van der Waals surface area contributed by atoms with Crippen LogP contribution >= 0.6 is 23.5 Å². The van der Waals surface area contributed by atoms with E-state index in [9.17, 15) is 0 Å². The predicted octanol–water partition coefficient (Wildman–Crippen LogP) is 4.23. The van der Waals surface area contributed by atoms with Gasteiger partial charge in [0.2, 0.25) is 5.95 Å². The molecule has 0 bridgehead atoms. The van der Waals surface area contributed by atoms with Crippen molar-refractivity contribution in [1.29, 1.82) is 0 Å². The smallest absolute Gasteiger partial charge is 0.240 e. The monoisotopic (exact) mass is 340 g/mol. The third-order valence-electron chi connectivity index (χ3n) is 3.43. The molecule has 0 amide bonds. The van der Waals surface area contributed by atoms with Crippen molar-refractivity contribution < 1.29 is 0 Å². The summed E-state index contributed by atoms with van der Waals surface area (Å²) < 4.78 is 0. The first-order valence-electron chi connectivity index (χ1n) is 7.00. The molecule has 0 aliphatic rings. The highest BCUT2D eigenvalue weighted by Gasteiger charge is 2.12. The molecule has 0 unspecified atom stereocenters. The molecule has 3 rings (SSSR count). The van der Waals surface area contributed by atoms with E-state index in [1.807, 2.05) is 24.3 Å². The van der Waals surface area contributed by atoms with Crippen LogP contribution in [0.5, 0.6) is 0 Å². The van der Waals surface area contributed by atoms with Crippen molar-refractivity contribution in [1.82, 2.24) is 15.2 Å². The maximum Gasteiger partial charge on any atom is 0.240 e. The molecule has 23 heavy (non-hydrogen) atoms. The van der Waals surface area contributed by atoms with Crippen LogP contribution in [-0.2, 0) is 0 Å². The standard InChI is InChI=1S/C17H16N4S2/c1-22-13-7-3-11(4-8-13)15-16(20-21-17(18)19-15)12-5-9-14(23-2)10-6-12/h3-10H,1-2H3,(H2,18,19,21). The van der Waals surface area contributed by atoms with Gasteiger partial charge in [-0.05, 0) is 36.8 Å². The van der Waals surface area contributed by atoms with Crippen LogP contribution in [0.3, 0.4) is 0 Å². The molecule has 0 fully saturated rings. The van der Waals surface area contributed by atoms with E-state index in [2.05, 4.69) is 52.0 Å². The molecular weight excluding hydrogens is 324 g/mol. The summed E-state index contributed by atoms with van der Waals surface area (Å²) in [5, 5.41) is 8.20. The van der Waals surface area contributed by atoms with Crippen LogP contribution in [-0.4, -0.2) is 27.7 Å². The first-order valence-corrected chi connectivity index (χ1v) is 9.45. The molecule has 0 spiro atoms. The molecule has 116 valence electrons. The number of hydrogen-bond donors (Lipinski definition) is 1. The number of thioether (sulfide) groups is 2. The van der Waals surface area contributed by atoms with Crippen LogP contribution < -0.4 is 5.73 Å². The Balaban J connectivity index is 2.09. The van der Waals surface area contributed by atoms with Crippen molar-refractivity contribution in [3.8, 4) is 22.5 Å². The highest BCUT2D eigenvalue weighted by Crippen LogP contribution is 2.30. The molecule has 1 aromatic heterocycles. The maximum atomic E-state index is 5.75. The molecule has 0 saturated carbocycles. The van der Waals surface area contributed by atoms with Gasteiger partial charge in [0.15, 0.2) is 0 Å². The summed E-state index contributed by atoms with van der Waals surface area (Å²) in [6.45, 7) is 0. The Kier molecular flexibility index (Phi) is 4.83. The molecule has 0 aliphatic heterocycles. The van der Waals surface area contributed by atoms with Crippen LogP contribution in [0.15, 0.2) is 58.3 Å². The minimum Gasteiger partial charge on any atom is -0.366 e. The lowest BCUT2D eigenvalue weighted by molar-refractivity contribution is 0.997. The van der Waals surface area contributed by atoms with Crippen LogP contribution in [0.4, 0.5) is 5.95 Å². The molecule has 2 aromatic carbocycles. The normalized spacial score (nSPS) is 10.7. The van der Waals surface area contributed by atoms with E-state index in [-0.39, 0.29) is 5.95 Å². The van der Waals surface area contributed by atoms with Crippen LogP contribution in [0.1, 0.15) is 0 Å². The average Bonchev–Trinajstić information content (AvgIpc) is 2.62. The summed E-state index contributed by atoms with van der Waals surface area (Å²) >= 11 is 3.41. The first-order chi connectivity index (χ1) is 11.2. The van der Waals surface area contributed by atoms with Gasteiger partial charge >= 0.3 is 0 Å². The number of nitrogens with zero attached hydrogens (tertiary/aromatic N) is 3. The Hall–Kier alpha value is -2.05. The van der Waals surface area contributed by atoms with Crippen molar-refractivity contribution in [2.45, 2.75) is 9.79 Å². The van der Waals surface area contributed by atoms with Gasteiger partial charge in [-0.3, -0.25) is 0 Å². The Morgan fingerprint density at radius 3 is 1.65 bits per heavy atom. The third-order valence-corrected chi connectivity index (χ3v) is 4.92. The van der Waals surface area contributed by atoms with Gasteiger partial charge in [0, 0.05) is 20.9 Å². The third kappa shape index (κ3) is 3.48. The van der Waals surface area contributed by atoms with E-state index in [1.165, 1.54) is 9.79 Å². The summed E-state index contributed by atoms with van der Waals surface area (Å²) in [6.07, 6.45) is 4.11. The summed E-state index contributed by atoms with van der Waals surface area (Å²) in [5.74, 6) is 0.179. The summed E-state index contributed by atoms with van der Waals surface area (Å²) in [4.78, 5) is 6.82. The lowest BCUT2D eigenvalue weighted by atomic mass is 10.0. The minimum atomic E-state index is 0.179. The maximum absolute atomic E-state index is 5.75. The number of anilines is 1. The molecule has 2 N–H and O–H groups in total. The van der Waals surface area contributed by atoms with Gasteiger partial charge < -0.3 is 5.73 Å². The fourth-order valence-electron chi connectivity index (χ4n) is 2.23. The SMILES string of the molecule is CSc1ccc(-c2nnc(N)nc2-c2ccc(SC)cc2)cc1. The molecule has 1 heterocycles. The number of rotatable bonds is 4. The van der Waals surface area contributed by atoms with Crippen molar-refractivity contribution in [2.75, 3.05) is 18.2 Å². The molecule has 4 nitrogen and oxygen atoms in total. The molecule has 0 saturated heterocycles. The Morgan fingerprint density at radius 1 is 0.696 bits per heavy atom. The molecule has 0 atom stereocenters. The number of benzene rings is 2. The zero-order chi connectivity index (χ0) is 16.2. The molecule has 3 aromatic rings. The van der Waals surface area contributed by atoms with Crippen LogP contribution in [0.2, 0.25) is 0 Å². The number of nitrogen functional groups attached to an aromatic ring is 1. The molecule has 0 radical (unpaired) electrons. The second-order valence-electron chi connectivity index (χ2n) is 4.82. The Bertz CT molecular complexity index is 802. The van der Waals surface area contributed by atoms with Gasteiger partial charge in [0.1, 0.15) is 11.4 Å². The first kappa shape index (κ1) is 15.8. The molecule has 6 heteroatoms. The Morgan fingerprint density at radius 2 is 1.17 bits per heavy atom. The van der Waals surface area contributed by atoms with Gasteiger partial charge in [-0.15, -0.1) is 33.7 Å². The zero-order valence-corrected chi connectivity index (χ0v) is 14.5. The quantitative estimate of drug-likeness (QED) is 0.717. The lowest BCUT2D eigenvalue weighted by Crippen LogP contribution is -2.02. The van der Waals surface area contributed by atoms with E-state index >= 15 is 0 Å². The minimum absolute atomic E-state index is 0.179. The second kappa shape index (κ2) is 7.02. The fraction of sp³-hybridized carbons (Fsp3) is 0.118. The van der Waals surface area contributed by atoms with Crippen molar-refractivity contribution in [3.63, 3.8) is 0 Å². The summed E-state index contributed by atoms with van der Waals surface area (Å²) in [6, 6.07) is 16.4.